The monoisotopic (exact) mass is 389 g/mol. The molecule has 0 bridgehead atoms. The third kappa shape index (κ3) is 2.64. The summed E-state index contributed by atoms with van der Waals surface area (Å²) in [5, 5.41) is 9.63. The van der Waals surface area contributed by atoms with E-state index in [-0.39, 0.29) is 0 Å². The molecule has 6 aromatic heterocycles. The summed E-state index contributed by atoms with van der Waals surface area (Å²) < 4.78 is 0. The lowest BCUT2D eigenvalue weighted by atomic mass is 10.0. The van der Waals surface area contributed by atoms with Gasteiger partial charge in [0.05, 0.1) is 28.8 Å². The minimum atomic E-state index is 0.803. The number of aromatic amines is 2. The molecule has 0 atom stereocenters. The molecule has 6 rings (SSSR count). The van der Waals surface area contributed by atoms with Gasteiger partial charge in [-0.05, 0) is 53.6 Å². The Morgan fingerprint density at radius 2 is 1.67 bits per heavy atom. The standard InChI is InChI=1S/C23H15N7/c1-2-7-25-18(3-1)19-12-17-21(13-27-19)29-30-22(17)20-11-16-15(6-10-26-23(16)28-20)14-4-8-24-9-5-14/h1-13H,(H,26,28)(H,29,30). The van der Waals surface area contributed by atoms with E-state index in [9.17, 15) is 0 Å². The van der Waals surface area contributed by atoms with Gasteiger partial charge in [0.25, 0.3) is 0 Å². The molecule has 6 aromatic rings. The van der Waals surface area contributed by atoms with Gasteiger partial charge in [0, 0.05) is 35.6 Å². The van der Waals surface area contributed by atoms with Crippen molar-refractivity contribution in [3.63, 3.8) is 0 Å². The van der Waals surface area contributed by atoms with Crippen LogP contribution < -0.4 is 0 Å². The van der Waals surface area contributed by atoms with E-state index in [1.54, 1.807) is 24.8 Å². The van der Waals surface area contributed by atoms with E-state index in [4.69, 9.17) is 0 Å². The van der Waals surface area contributed by atoms with Crippen molar-refractivity contribution in [1.29, 1.82) is 0 Å². The Morgan fingerprint density at radius 3 is 2.53 bits per heavy atom. The molecule has 0 amide bonds. The average Bonchev–Trinajstić information content (AvgIpc) is 3.43. The quantitative estimate of drug-likeness (QED) is 0.460. The Hall–Kier alpha value is -4.39. The first-order valence-corrected chi connectivity index (χ1v) is 9.51. The molecule has 142 valence electrons. The minimum Gasteiger partial charge on any atom is -0.338 e. The predicted octanol–water partition coefficient (Wildman–Crippen LogP) is 4.63. The van der Waals surface area contributed by atoms with Crippen molar-refractivity contribution < 1.29 is 0 Å². The highest BCUT2D eigenvalue weighted by atomic mass is 15.1. The molecule has 0 aliphatic rings. The molecule has 6 heterocycles. The highest BCUT2D eigenvalue weighted by molar-refractivity contribution is 6.00. The highest BCUT2D eigenvalue weighted by Crippen LogP contribution is 2.33. The molecule has 0 unspecified atom stereocenters. The lowest BCUT2D eigenvalue weighted by Crippen LogP contribution is -1.86. The normalized spacial score (nSPS) is 11.3. The van der Waals surface area contributed by atoms with Crippen molar-refractivity contribution in [2.45, 2.75) is 0 Å². The fraction of sp³-hybridized carbons (Fsp3) is 0. The van der Waals surface area contributed by atoms with E-state index in [2.05, 4.69) is 41.2 Å². The first-order valence-electron chi connectivity index (χ1n) is 9.51. The molecule has 0 fully saturated rings. The maximum absolute atomic E-state index is 4.54. The molecule has 7 nitrogen and oxygen atoms in total. The minimum absolute atomic E-state index is 0.803. The van der Waals surface area contributed by atoms with Crippen LogP contribution in [0.4, 0.5) is 0 Å². The Kier molecular flexibility index (Phi) is 3.64. The Balaban J connectivity index is 1.52. The summed E-state index contributed by atoms with van der Waals surface area (Å²) in [6, 6.07) is 15.9. The van der Waals surface area contributed by atoms with Crippen molar-refractivity contribution in [2.24, 2.45) is 0 Å². The van der Waals surface area contributed by atoms with Crippen molar-refractivity contribution in [3.8, 4) is 33.9 Å². The second-order valence-electron chi connectivity index (χ2n) is 6.94. The van der Waals surface area contributed by atoms with Gasteiger partial charge in [0.1, 0.15) is 11.3 Å². The lowest BCUT2D eigenvalue weighted by Gasteiger charge is -2.01. The summed E-state index contributed by atoms with van der Waals surface area (Å²) in [6.07, 6.45) is 8.95. The van der Waals surface area contributed by atoms with E-state index in [1.807, 2.05) is 48.7 Å². The van der Waals surface area contributed by atoms with E-state index < -0.39 is 0 Å². The van der Waals surface area contributed by atoms with Crippen LogP contribution in [-0.2, 0) is 0 Å². The van der Waals surface area contributed by atoms with Gasteiger partial charge in [0.2, 0.25) is 0 Å². The number of H-pyrrole nitrogens is 2. The van der Waals surface area contributed by atoms with Crippen molar-refractivity contribution >= 4 is 21.9 Å². The van der Waals surface area contributed by atoms with Crippen LogP contribution in [0, 0.1) is 0 Å². The number of nitrogens with zero attached hydrogens (tertiary/aromatic N) is 5. The number of pyridine rings is 4. The van der Waals surface area contributed by atoms with Gasteiger partial charge in [-0.15, -0.1) is 0 Å². The van der Waals surface area contributed by atoms with Crippen molar-refractivity contribution in [3.05, 3.63) is 79.5 Å². The zero-order valence-corrected chi connectivity index (χ0v) is 15.7. The SMILES string of the molecule is c1ccc(-c2cc3c(-c4cc5c(-c6ccncc6)ccnc5[nH]4)n[nH]c3cn2)nc1. The van der Waals surface area contributed by atoms with Gasteiger partial charge in [-0.25, -0.2) is 4.98 Å². The van der Waals surface area contributed by atoms with Crippen LogP contribution in [0.3, 0.4) is 0 Å². The summed E-state index contributed by atoms with van der Waals surface area (Å²) in [5.41, 5.74) is 7.21. The molecular formula is C23H15N7. The zero-order valence-electron chi connectivity index (χ0n) is 15.7. The molecule has 0 aliphatic carbocycles. The van der Waals surface area contributed by atoms with Gasteiger partial charge in [-0.3, -0.25) is 20.1 Å². The van der Waals surface area contributed by atoms with Gasteiger partial charge in [-0.1, -0.05) is 6.07 Å². The molecule has 0 saturated carbocycles. The molecule has 0 radical (unpaired) electrons. The van der Waals surface area contributed by atoms with Gasteiger partial charge in [0.15, 0.2) is 0 Å². The van der Waals surface area contributed by atoms with Crippen LogP contribution in [-0.4, -0.2) is 35.1 Å². The molecular weight excluding hydrogens is 374 g/mol. The Morgan fingerprint density at radius 1 is 0.733 bits per heavy atom. The van der Waals surface area contributed by atoms with Crippen LogP contribution in [0.25, 0.3) is 55.8 Å². The Bertz CT molecular complexity index is 1480. The molecule has 0 saturated heterocycles. The van der Waals surface area contributed by atoms with Gasteiger partial charge >= 0.3 is 0 Å². The summed E-state index contributed by atoms with van der Waals surface area (Å²) in [5.74, 6) is 0. The molecule has 0 spiro atoms. The zero-order chi connectivity index (χ0) is 19.9. The number of hydrogen-bond acceptors (Lipinski definition) is 5. The fourth-order valence-electron chi connectivity index (χ4n) is 3.71. The lowest BCUT2D eigenvalue weighted by molar-refractivity contribution is 1.11. The predicted molar refractivity (Wildman–Crippen MR) is 115 cm³/mol. The summed E-state index contributed by atoms with van der Waals surface area (Å²) in [4.78, 5) is 21.0. The Labute approximate surface area is 170 Å². The van der Waals surface area contributed by atoms with Crippen LogP contribution in [0.2, 0.25) is 0 Å². The van der Waals surface area contributed by atoms with Crippen molar-refractivity contribution in [1.82, 2.24) is 35.1 Å². The molecule has 30 heavy (non-hydrogen) atoms. The maximum atomic E-state index is 4.54. The largest absolute Gasteiger partial charge is 0.338 e. The first kappa shape index (κ1) is 16.6. The summed E-state index contributed by atoms with van der Waals surface area (Å²) in [6.45, 7) is 0. The topological polar surface area (TPSA) is 96.0 Å². The van der Waals surface area contributed by atoms with E-state index in [0.29, 0.717) is 0 Å². The number of hydrogen-bond donors (Lipinski definition) is 2. The number of aromatic nitrogens is 7. The summed E-state index contributed by atoms with van der Waals surface area (Å²) in [7, 11) is 0. The van der Waals surface area contributed by atoms with E-state index in [1.165, 1.54) is 0 Å². The third-order valence-corrected chi connectivity index (χ3v) is 5.15. The molecule has 7 heteroatoms. The van der Waals surface area contributed by atoms with Crippen LogP contribution in [0.15, 0.2) is 79.5 Å². The third-order valence-electron chi connectivity index (χ3n) is 5.15. The second-order valence-corrected chi connectivity index (χ2v) is 6.94. The maximum Gasteiger partial charge on any atom is 0.138 e. The average molecular weight is 389 g/mol. The number of nitrogens with one attached hydrogen (secondary N) is 2. The van der Waals surface area contributed by atoms with Crippen LogP contribution in [0.1, 0.15) is 0 Å². The van der Waals surface area contributed by atoms with Crippen molar-refractivity contribution in [2.75, 3.05) is 0 Å². The number of rotatable bonds is 3. The van der Waals surface area contributed by atoms with Gasteiger partial charge in [-0.2, -0.15) is 5.10 Å². The van der Waals surface area contributed by atoms with Crippen LogP contribution in [0.5, 0.6) is 0 Å². The number of fused-ring (bicyclic) bond motifs is 2. The van der Waals surface area contributed by atoms with Gasteiger partial charge < -0.3 is 4.98 Å². The fourth-order valence-corrected chi connectivity index (χ4v) is 3.71. The summed E-state index contributed by atoms with van der Waals surface area (Å²) >= 11 is 0. The highest BCUT2D eigenvalue weighted by Gasteiger charge is 2.15. The molecule has 0 aliphatic heterocycles. The van der Waals surface area contributed by atoms with E-state index >= 15 is 0 Å². The van der Waals surface area contributed by atoms with E-state index in [0.717, 1.165) is 55.8 Å². The molecule has 0 aromatic carbocycles. The molecule has 2 N–H and O–H groups in total. The second kappa shape index (κ2) is 6.59. The van der Waals surface area contributed by atoms with Crippen LogP contribution >= 0.6 is 0 Å². The first-order chi connectivity index (χ1) is 14.9. The smallest absolute Gasteiger partial charge is 0.138 e.